The molecule has 0 aromatic rings. The largest absolute Gasteiger partial charge is 0.328 e. The summed E-state index contributed by atoms with van der Waals surface area (Å²) in [6, 6.07) is 0.320. The van der Waals surface area contributed by atoms with Crippen LogP contribution in [0.25, 0.3) is 0 Å². The zero-order chi connectivity index (χ0) is 7.56. The molecule has 0 aliphatic carbocycles. The van der Waals surface area contributed by atoms with E-state index in [4.69, 9.17) is 5.73 Å². The predicted molar refractivity (Wildman–Crippen MR) is 56.6 cm³/mol. The highest BCUT2D eigenvalue weighted by atomic mass is 127. The Morgan fingerprint density at radius 2 is 2.70 bits per heavy atom. The highest BCUT2D eigenvalue weighted by molar-refractivity contribution is 14.1. The first-order valence-electron chi connectivity index (χ1n) is 3.41. The maximum absolute atomic E-state index is 5.66. The quantitative estimate of drug-likeness (QED) is 0.614. The lowest BCUT2D eigenvalue weighted by molar-refractivity contribution is 0.751. The van der Waals surface area contributed by atoms with Gasteiger partial charge in [-0.15, -0.1) is 11.8 Å². The number of nitrogens with two attached hydrogens (primary N) is 1. The molecule has 10 heavy (non-hydrogen) atoms. The topological polar surface area (TPSA) is 26.0 Å². The average molecular weight is 269 g/mol. The third kappa shape index (κ3) is 2.80. The number of allylic oxidation sites excluding steroid dienone is 1. The normalized spacial score (nSPS) is 28.3. The van der Waals surface area contributed by atoms with Gasteiger partial charge in [0, 0.05) is 15.7 Å². The molecule has 1 rings (SSSR count). The Bertz CT molecular complexity index is 145. The molecule has 2 unspecified atom stereocenters. The number of halogens is 1. The van der Waals surface area contributed by atoms with Crippen LogP contribution in [0.15, 0.2) is 11.0 Å². The fraction of sp³-hybridized carbons (Fsp3) is 0.714. The average Bonchev–Trinajstić information content (AvgIpc) is 2.13. The third-order valence-electron chi connectivity index (χ3n) is 1.32. The molecule has 0 radical (unpaired) electrons. The molecule has 0 spiro atoms. The minimum absolute atomic E-state index is 0.320. The summed E-state index contributed by atoms with van der Waals surface area (Å²) in [4.78, 5) is 1.48. The summed E-state index contributed by atoms with van der Waals surface area (Å²) < 4.78 is 0.733. The second kappa shape index (κ2) is 3.97. The Morgan fingerprint density at radius 3 is 3.10 bits per heavy atom. The molecule has 2 N–H and O–H groups in total. The van der Waals surface area contributed by atoms with Gasteiger partial charge in [0.25, 0.3) is 0 Å². The molecule has 0 bridgehead atoms. The van der Waals surface area contributed by atoms with Gasteiger partial charge in [-0.1, -0.05) is 28.7 Å². The van der Waals surface area contributed by atoms with Gasteiger partial charge < -0.3 is 5.73 Å². The molecule has 0 saturated carbocycles. The van der Waals surface area contributed by atoms with Gasteiger partial charge >= 0.3 is 0 Å². The van der Waals surface area contributed by atoms with E-state index in [-0.39, 0.29) is 0 Å². The van der Waals surface area contributed by atoms with Gasteiger partial charge in [0.15, 0.2) is 0 Å². The maximum atomic E-state index is 5.66. The molecule has 0 fully saturated rings. The Hall–Kier alpha value is 0.780. The molecular weight excluding hydrogens is 257 g/mol. The van der Waals surface area contributed by atoms with Crippen molar-refractivity contribution >= 4 is 34.4 Å². The van der Waals surface area contributed by atoms with E-state index < -0.39 is 0 Å². The number of hydrogen-bond acceptors (Lipinski definition) is 2. The second-order valence-electron chi connectivity index (χ2n) is 2.64. The van der Waals surface area contributed by atoms with Crippen molar-refractivity contribution in [2.75, 3.05) is 5.75 Å². The standard InChI is InChI=1S/C7H12INS/c1-5(9)2-7-3-6(8)4-10-7/h3,5-6H,2,4,9H2,1H3. The van der Waals surface area contributed by atoms with Crippen molar-refractivity contribution in [3.05, 3.63) is 11.0 Å². The molecule has 0 saturated heterocycles. The first kappa shape index (κ1) is 8.87. The Balaban J connectivity index is 2.35. The van der Waals surface area contributed by atoms with Crippen molar-refractivity contribution < 1.29 is 0 Å². The van der Waals surface area contributed by atoms with Gasteiger partial charge in [0.05, 0.1) is 0 Å². The lowest BCUT2D eigenvalue weighted by Gasteiger charge is -2.03. The maximum Gasteiger partial charge on any atom is 0.0394 e. The molecule has 1 nitrogen and oxygen atoms in total. The SMILES string of the molecule is CC(N)CC1=CC(I)CS1. The van der Waals surface area contributed by atoms with Gasteiger partial charge in [-0.05, 0) is 18.2 Å². The highest BCUT2D eigenvalue weighted by Gasteiger charge is 2.13. The fourth-order valence-electron chi connectivity index (χ4n) is 0.929. The van der Waals surface area contributed by atoms with Crippen molar-refractivity contribution in [2.45, 2.75) is 23.3 Å². The fourth-order valence-corrected chi connectivity index (χ4v) is 3.26. The van der Waals surface area contributed by atoms with Crippen LogP contribution >= 0.6 is 34.4 Å². The van der Waals surface area contributed by atoms with Crippen LogP contribution in [0.3, 0.4) is 0 Å². The lowest BCUT2D eigenvalue weighted by atomic mass is 10.2. The van der Waals surface area contributed by atoms with Gasteiger partial charge in [0.1, 0.15) is 0 Å². The van der Waals surface area contributed by atoms with E-state index in [0.29, 0.717) is 6.04 Å². The number of thioether (sulfide) groups is 1. The summed E-state index contributed by atoms with van der Waals surface area (Å²) in [5, 5.41) is 0. The van der Waals surface area contributed by atoms with Crippen LogP contribution in [0.1, 0.15) is 13.3 Å². The molecule has 2 atom stereocenters. The minimum atomic E-state index is 0.320. The van der Waals surface area contributed by atoms with E-state index in [1.54, 1.807) is 0 Å². The summed E-state index contributed by atoms with van der Waals surface area (Å²) in [6.45, 7) is 2.06. The molecule has 0 aromatic heterocycles. The van der Waals surface area contributed by atoms with Crippen LogP contribution in [0.4, 0.5) is 0 Å². The number of alkyl halides is 1. The molecule has 1 aliphatic heterocycles. The monoisotopic (exact) mass is 269 g/mol. The van der Waals surface area contributed by atoms with Crippen molar-refractivity contribution in [1.29, 1.82) is 0 Å². The van der Waals surface area contributed by atoms with E-state index in [0.717, 1.165) is 10.3 Å². The van der Waals surface area contributed by atoms with E-state index in [1.165, 1.54) is 10.7 Å². The lowest BCUT2D eigenvalue weighted by Crippen LogP contribution is -2.14. The molecule has 0 aromatic carbocycles. The van der Waals surface area contributed by atoms with E-state index in [2.05, 4.69) is 35.6 Å². The molecule has 58 valence electrons. The van der Waals surface area contributed by atoms with Crippen molar-refractivity contribution in [2.24, 2.45) is 5.73 Å². The Morgan fingerprint density at radius 1 is 2.00 bits per heavy atom. The Labute approximate surface area is 80.0 Å². The van der Waals surface area contributed by atoms with Gasteiger partial charge in [0.2, 0.25) is 0 Å². The first-order valence-corrected chi connectivity index (χ1v) is 5.64. The molecule has 0 amide bonds. The molecule has 1 heterocycles. The van der Waals surface area contributed by atoms with E-state index >= 15 is 0 Å². The zero-order valence-electron chi connectivity index (χ0n) is 6.01. The van der Waals surface area contributed by atoms with Crippen LogP contribution in [0.5, 0.6) is 0 Å². The molecular formula is C7H12INS. The van der Waals surface area contributed by atoms with Crippen LogP contribution < -0.4 is 5.73 Å². The van der Waals surface area contributed by atoms with E-state index in [1.807, 2.05) is 11.8 Å². The summed E-state index contributed by atoms with van der Waals surface area (Å²) in [5.41, 5.74) is 5.66. The molecule has 1 aliphatic rings. The highest BCUT2D eigenvalue weighted by Crippen LogP contribution is 2.31. The summed E-state index contributed by atoms with van der Waals surface area (Å²) in [5.74, 6) is 1.24. The summed E-state index contributed by atoms with van der Waals surface area (Å²) in [7, 11) is 0. The van der Waals surface area contributed by atoms with Crippen molar-refractivity contribution in [1.82, 2.24) is 0 Å². The number of rotatable bonds is 2. The zero-order valence-corrected chi connectivity index (χ0v) is 8.98. The van der Waals surface area contributed by atoms with Crippen molar-refractivity contribution in [3.63, 3.8) is 0 Å². The smallest absolute Gasteiger partial charge is 0.0394 e. The summed E-state index contributed by atoms with van der Waals surface area (Å²) in [6.07, 6.45) is 3.39. The second-order valence-corrected chi connectivity index (χ2v) is 5.39. The van der Waals surface area contributed by atoms with Crippen LogP contribution in [0.2, 0.25) is 0 Å². The van der Waals surface area contributed by atoms with Crippen LogP contribution in [0, 0.1) is 0 Å². The Kier molecular flexibility index (Phi) is 3.52. The number of hydrogen-bond donors (Lipinski definition) is 1. The van der Waals surface area contributed by atoms with Crippen LogP contribution in [-0.2, 0) is 0 Å². The van der Waals surface area contributed by atoms with Gasteiger partial charge in [-0.3, -0.25) is 0 Å². The minimum Gasteiger partial charge on any atom is -0.328 e. The van der Waals surface area contributed by atoms with Gasteiger partial charge in [-0.25, -0.2) is 0 Å². The summed E-state index contributed by atoms with van der Waals surface area (Å²) >= 11 is 4.41. The third-order valence-corrected chi connectivity index (χ3v) is 3.91. The van der Waals surface area contributed by atoms with Gasteiger partial charge in [-0.2, -0.15) is 0 Å². The first-order chi connectivity index (χ1) is 4.68. The molecule has 3 heteroatoms. The van der Waals surface area contributed by atoms with E-state index in [9.17, 15) is 0 Å². The van der Waals surface area contributed by atoms with Crippen LogP contribution in [-0.4, -0.2) is 15.7 Å². The predicted octanol–water partition coefficient (Wildman–Crippen LogP) is 2.16. The van der Waals surface area contributed by atoms with Crippen molar-refractivity contribution in [3.8, 4) is 0 Å².